The van der Waals surface area contributed by atoms with Gasteiger partial charge in [0, 0.05) is 42.5 Å². The third-order valence-electron chi connectivity index (χ3n) is 6.25. The number of imidazole rings is 1. The number of nitrogens with zero attached hydrogens (tertiary/aromatic N) is 7. The van der Waals surface area contributed by atoms with Crippen molar-refractivity contribution in [3.05, 3.63) is 67.3 Å². The minimum Gasteiger partial charge on any atom is -0.352 e. The minimum atomic E-state index is 0.197. The third-order valence-corrected chi connectivity index (χ3v) is 6.25. The van der Waals surface area contributed by atoms with Gasteiger partial charge in [0.25, 0.3) is 0 Å². The van der Waals surface area contributed by atoms with Crippen molar-refractivity contribution in [3.63, 3.8) is 0 Å². The van der Waals surface area contributed by atoms with Crippen LogP contribution >= 0.6 is 0 Å². The molecule has 0 aliphatic carbocycles. The first-order valence-corrected chi connectivity index (χ1v) is 11.3. The van der Waals surface area contributed by atoms with Gasteiger partial charge in [-0.15, -0.1) is 0 Å². The highest BCUT2D eigenvalue weighted by Gasteiger charge is 2.25. The molecule has 5 aromatic heterocycles. The Labute approximate surface area is 199 Å². The quantitative estimate of drug-likeness (QED) is 0.365. The molecule has 0 bridgehead atoms. The zero-order valence-corrected chi connectivity index (χ0v) is 18.6. The summed E-state index contributed by atoms with van der Waals surface area (Å²) in [4.78, 5) is 28.6. The Bertz CT molecular complexity index is 1680. The monoisotopic (exact) mass is 460 g/mol. The Balaban J connectivity index is 1.31. The minimum absolute atomic E-state index is 0.197. The molecule has 0 unspecified atom stereocenters. The van der Waals surface area contributed by atoms with E-state index in [2.05, 4.69) is 41.1 Å². The van der Waals surface area contributed by atoms with Gasteiger partial charge in [-0.05, 0) is 30.3 Å². The number of benzene rings is 1. The van der Waals surface area contributed by atoms with Crippen molar-refractivity contribution in [2.24, 2.45) is 5.73 Å². The molecule has 7 rings (SSSR count). The van der Waals surface area contributed by atoms with Crippen LogP contribution in [0, 0.1) is 0 Å². The van der Waals surface area contributed by atoms with Crippen molar-refractivity contribution in [2.75, 3.05) is 18.0 Å². The Hall–Kier alpha value is -4.70. The standard InChI is InChI=1S/C25H20N10/c26-15-12-35(13-15)21-11-27-10-20(30-21)14-4-5-17-16(9-14)22(34-33-17)25-31-19-6-8-29-23(24(19)32-25)18-3-1-2-7-28-18/h1-11,15H,12-13,26H2,(H,31,32)(H,33,34). The molecule has 0 radical (unpaired) electrons. The number of aromatic nitrogens is 8. The molecule has 10 heteroatoms. The summed E-state index contributed by atoms with van der Waals surface area (Å²) in [6.45, 7) is 1.59. The molecule has 0 spiro atoms. The Morgan fingerprint density at radius 1 is 0.886 bits per heavy atom. The molecule has 6 aromatic rings. The van der Waals surface area contributed by atoms with Crippen LogP contribution in [0.15, 0.2) is 67.3 Å². The van der Waals surface area contributed by atoms with E-state index >= 15 is 0 Å². The van der Waals surface area contributed by atoms with Crippen LogP contribution < -0.4 is 10.6 Å². The maximum atomic E-state index is 5.93. The summed E-state index contributed by atoms with van der Waals surface area (Å²) < 4.78 is 0. The predicted octanol–water partition coefficient (Wildman–Crippen LogP) is 3.17. The number of nitrogens with two attached hydrogens (primary N) is 1. The second kappa shape index (κ2) is 7.67. The Morgan fingerprint density at radius 2 is 1.83 bits per heavy atom. The highest BCUT2D eigenvalue weighted by molar-refractivity contribution is 5.97. The Kier molecular flexibility index (Phi) is 4.33. The van der Waals surface area contributed by atoms with E-state index in [-0.39, 0.29) is 6.04 Å². The highest BCUT2D eigenvalue weighted by Crippen LogP contribution is 2.32. The second-order valence-electron chi connectivity index (χ2n) is 8.62. The number of nitrogens with one attached hydrogen (secondary N) is 2. The summed E-state index contributed by atoms with van der Waals surface area (Å²) in [6, 6.07) is 13.9. The molecule has 10 nitrogen and oxygen atoms in total. The number of hydrogen-bond donors (Lipinski definition) is 3. The molecule has 1 aromatic carbocycles. The molecule has 6 heterocycles. The van der Waals surface area contributed by atoms with E-state index in [0.717, 1.165) is 69.2 Å². The average Bonchev–Trinajstić information content (AvgIpc) is 3.51. The van der Waals surface area contributed by atoms with Gasteiger partial charge in [-0.25, -0.2) is 9.97 Å². The third kappa shape index (κ3) is 3.30. The lowest BCUT2D eigenvalue weighted by Gasteiger charge is -2.37. The van der Waals surface area contributed by atoms with E-state index < -0.39 is 0 Å². The van der Waals surface area contributed by atoms with Crippen LogP contribution in [0.4, 0.5) is 5.82 Å². The molecule has 0 amide bonds. The predicted molar refractivity (Wildman–Crippen MR) is 133 cm³/mol. The summed E-state index contributed by atoms with van der Waals surface area (Å²) >= 11 is 0. The molecule has 1 fully saturated rings. The summed E-state index contributed by atoms with van der Waals surface area (Å²) in [5.41, 5.74) is 12.4. The fourth-order valence-electron chi connectivity index (χ4n) is 4.44. The fraction of sp³-hybridized carbons (Fsp3) is 0.120. The van der Waals surface area contributed by atoms with Gasteiger partial charge < -0.3 is 15.6 Å². The van der Waals surface area contributed by atoms with Crippen LogP contribution in [0.5, 0.6) is 0 Å². The maximum absolute atomic E-state index is 5.93. The Morgan fingerprint density at radius 3 is 2.69 bits per heavy atom. The van der Waals surface area contributed by atoms with Crippen molar-refractivity contribution in [3.8, 4) is 34.2 Å². The first kappa shape index (κ1) is 19.7. The summed E-state index contributed by atoms with van der Waals surface area (Å²) in [5.74, 6) is 1.49. The molecular formula is C25H20N10. The topological polar surface area (TPSA) is 138 Å². The smallest absolute Gasteiger partial charge is 0.159 e. The van der Waals surface area contributed by atoms with Crippen LogP contribution in [0.2, 0.25) is 0 Å². The van der Waals surface area contributed by atoms with Gasteiger partial charge in [0.1, 0.15) is 22.7 Å². The molecule has 170 valence electrons. The maximum Gasteiger partial charge on any atom is 0.159 e. The molecule has 0 atom stereocenters. The number of rotatable bonds is 4. The van der Waals surface area contributed by atoms with Crippen LogP contribution in [-0.2, 0) is 0 Å². The van der Waals surface area contributed by atoms with E-state index in [1.165, 1.54) is 0 Å². The van der Waals surface area contributed by atoms with Gasteiger partial charge in [0.05, 0.1) is 34.8 Å². The lowest BCUT2D eigenvalue weighted by molar-refractivity contribution is 0.514. The second-order valence-corrected chi connectivity index (χ2v) is 8.62. The van der Waals surface area contributed by atoms with Gasteiger partial charge >= 0.3 is 0 Å². The van der Waals surface area contributed by atoms with E-state index in [1.54, 1.807) is 24.8 Å². The molecule has 0 saturated carbocycles. The van der Waals surface area contributed by atoms with Crippen molar-refractivity contribution in [2.45, 2.75) is 6.04 Å². The molecule has 1 aliphatic rings. The number of hydrogen-bond acceptors (Lipinski definition) is 8. The van der Waals surface area contributed by atoms with E-state index in [9.17, 15) is 0 Å². The SMILES string of the molecule is NC1CN(c2cncc(-c3ccc4[nH]nc(-c5nc6c(-c7ccccn7)nccc6[nH]5)c4c3)n2)C1. The normalized spacial score (nSPS) is 14.0. The zero-order chi connectivity index (χ0) is 23.4. The average molecular weight is 461 g/mol. The van der Waals surface area contributed by atoms with Gasteiger partial charge in [-0.1, -0.05) is 12.1 Å². The number of H-pyrrole nitrogens is 2. The van der Waals surface area contributed by atoms with Gasteiger partial charge in [-0.2, -0.15) is 5.10 Å². The lowest BCUT2D eigenvalue weighted by Crippen LogP contribution is -2.56. The summed E-state index contributed by atoms with van der Waals surface area (Å²) in [7, 11) is 0. The van der Waals surface area contributed by atoms with E-state index in [1.807, 2.05) is 36.4 Å². The molecule has 35 heavy (non-hydrogen) atoms. The van der Waals surface area contributed by atoms with Gasteiger partial charge in [-0.3, -0.25) is 20.1 Å². The van der Waals surface area contributed by atoms with Crippen LogP contribution in [-0.4, -0.2) is 59.2 Å². The molecular weight excluding hydrogens is 440 g/mol. The first-order valence-electron chi connectivity index (χ1n) is 11.3. The van der Waals surface area contributed by atoms with Crippen molar-refractivity contribution >= 4 is 27.8 Å². The summed E-state index contributed by atoms with van der Waals surface area (Å²) in [5, 5.41) is 8.61. The van der Waals surface area contributed by atoms with E-state index in [0.29, 0.717) is 5.82 Å². The van der Waals surface area contributed by atoms with Crippen LogP contribution in [0.25, 0.3) is 56.1 Å². The van der Waals surface area contributed by atoms with Crippen LogP contribution in [0.1, 0.15) is 0 Å². The van der Waals surface area contributed by atoms with Crippen LogP contribution in [0.3, 0.4) is 0 Å². The van der Waals surface area contributed by atoms with Crippen molar-refractivity contribution in [1.82, 2.24) is 40.1 Å². The summed E-state index contributed by atoms with van der Waals surface area (Å²) in [6.07, 6.45) is 7.06. The largest absolute Gasteiger partial charge is 0.352 e. The number of fused-ring (bicyclic) bond motifs is 2. The van der Waals surface area contributed by atoms with Crippen molar-refractivity contribution in [1.29, 1.82) is 0 Å². The number of pyridine rings is 2. The van der Waals surface area contributed by atoms with E-state index in [4.69, 9.17) is 15.7 Å². The first-order chi connectivity index (χ1) is 17.2. The number of aromatic amines is 2. The van der Waals surface area contributed by atoms with Crippen molar-refractivity contribution < 1.29 is 0 Å². The van der Waals surface area contributed by atoms with Gasteiger partial charge in [0.15, 0.2) is 5.82 Å². The molecule has 1 saturated heterocycles. The fourth-order valence-corrected chi connectivity index (χ4v) is 4.44. The molecule has 1 aliphatic heterocycles. The van der Waals surface area contributed by atoms with Gasteiger partial charge in [0.2, 0.25) is 0 Å². The zero-order valence-electron chi connectivity index (χ0n) is 18.6. The molecule has 4 N–H and O–H groups in total. The number of anilines is 1. The highest BCUT2D eigenvalue weighted by atomic mass is 15.3. The lowest BCUT2D eigenvalue weighted by atomic mass is 10.1.